The van der Waals surface area contributed by atoms with E-state index in [0.29, 0.717) is 38.2 Å². The molecule has 3 aromatic rings. The second-order valence-corrected chi connectivity index (χ2v) is 9.06. The quantitative estimate of drug-likeness (QED) is 0.175. The van der Waals surface area contributed by atoms with E-state index >= 15 is 0 Å². The lowest BCUT2D eigenvalue weighted by atomic mass is 10.1. The van der Waals surface area contributed by atoms with Crippen LogP contribution in [0.5, 0.6) is 0 Å². The van der Waals surface area contributed by atoms with Crippen LogP contribution in [0, 0.1) is 13.8 Å². The normalized spacial score (nSPS) is 10.9. The van der Waals surface area contributed by atoms with Crippen molar-refractivity contribution in [3.8, 4) is 0 Å². The number of aromatic nitrogens is 5. The van der Waals surface area contributed by atoms with E-state index in [-0.39, 0.29) is 11.5 Å². The molecular weight excluding hydrogens is 461 g/mol. The van der Waals surface area contributed by atoms with Crippen LogP contribution >= 0.6 is 46.7 Å². The van der Waals surface area contributed by atoms with Crippen LogP contribution in [-0.2, 0) is 12.3 Å². The van der Waals surface area contributed by atoms with Crippen LogP contribution in [-0.4, -0.2) is 36.3 Å². The highest BCUT2D eigenvalue weighted by atomic mass is 35.5. The van der Waals surface area contributed by atoms with Gasteiger partial charge in [0.1, 0.15) is 5.82 Å². The summed E-state index contributed by atoms with van der Waals surface area (Å²) in [6.07, 6.45) is 1.77. The molecule has 0 unspecified atom stereocenters. The third-order valence-electron chi connectivity index (χ3n) is 3.97. The van der Waals surface area contributed by atoms with E-state index in [1.807, 2.05) is 24.5 Å². The molecule has 3 rings (SSSR count). The van der Waals surface area contributed by atoms with Gasteiger partial charge in [-0.2, -0.15) is 0 Å². The summed E-state index contributed by atoms with van der Waals surface area (Å²) in [5.74, 6) is 1.48. The van der Waals surface area contributed by atoms with E-state index in [0.717, 1.165) is 17.2 Å². The molecule has 0 spiro atoms. The molecule has 0 fully saturated rings. The van der Waals surface area contributed by atoms with Crippen molar-refractivity contribution >= 4 is 52.5 Å². The molecule has 0 radical (unpaired) electrons. The van der Waals surface area contributed by atoms with Gasteiger partial charge in [-0.1, -0.05) is 52.8 Å². The number of rotatable bonds is 9. The minimum Gasteiger partial charge on any atom is -0.301 e. The number of ketones is 1. The fourth-order valence-corrected chi connectivity index (χ4v) is 4.66. The Morgan fingerprint density at radius 1 is 1.10 bits per heavy atom. The maximum atomic E-state index is 12.5. The Labute approximate surface area is 193 Å². The molecule has 0 amide bonds. The van der Waals surface area contributed by atoms with Gasteiger partial charge in [0.05, 0.1) is 21.6 Å². The summed E-state index contributed by atoms with van der Waals surface area (Å²) in [6, 6.07) is 6.79. The number of aryl methyl sites for hydroxylation is 2. The van der Waals surface area contributed by atoms with Crippen LogP contribution in [0.25, 0.3) is 0 Å². The molecule has 0 saturated carbocycles. The van der Waals surface area contributed by atoms with Crippen molar-refractivity contribution in [3.05, 3.63) is 69.7 Å². The second kappa shape index (κ2) is 10.4. The number of carbonyl (C=O) groups is 1. The van der Waals surface area contributed by atoms with Crippen molar-refractivity contribution in [2.75, 3.05) is 5.75 Å². The standard InChI is InChI=1S/C20H19Cl2N5OS2/c1-4-7-27-18(11-29-19-23-12(2)8-13(3)24-19)25-26-20(27)30-10-17(28)14-5-6-15(21)16(22)9-14/h4-6,8-9H,1,7,10-11H2,2-3H3. The van der Waals surface area contributed by atoms with Crippen molar-refractivity contribution in [1.29, 1.82) is 0 Å². The van der Waals surface area contributed by atoms with Gasteiger partial charge in [0.25, 0.3) is 0 Å². The van der Waals surface area contributed by atoms with Gasteiger partial charge in [0, 0.05) is 23.5 Å². The van der Waals surface area contributed by atoms with Crippen molar-refractivity contribution in [2.24, 2.45) is 0 Å². The Bertz CT molecular complexity index is 1070. The predicted octanol–water partition coefficient (Wildman–Crippen LogP) is 5.45. The van der Waals surface area contributed by atoms with Crippen LogP contribution in [0.4, 0.5) is 0 Å². The fraction of sp³-hybridized carbons (Fsp3) is 0.250. The number of thioether (sulfide) groups is 2. The van der Waals surface area contributed by atoms with Gasteiger partial charge in [-0.15, -0.1) is 16.8 Å². The van der Waals surface area contributed by atoms with Crippen molar-refractivity contribution in [2.45, 2.75) is 36.5 Å². The summed E-state index contributed by atoms with van der Waals surface area (Å²) in [5.41, 5.74) is 2.36. The lowest BCUT2D eigenvalue weighted by Crippen LogP contribution is -2.06. The lowest BCUT2D eigenvalue weighted by molar-refractivity contribution is 0.102. The molecule has 1 aromatic carbocycles. The number of halogens is 2. The largest absolute Gasteiger partial charge is 0.301 e. The first-order valence-electron chi connectivity index (χ1n) is 8.96. The van der Waals surface area contributed by atoms with Crippen LogP contribution in [0.15, 0.2) is 47.2 Å². The molecular formula is C20H19Cl2N5OS2. The van der Waals surface area contributed by atoms with E-state index in [1.54, 1.807) is 24.3 Å². The van der Waals surface area contributed by atoms with Gasteiger partial charge in [0.2, 0.25) is 0 Å². The zero-order valence-electron chi connectivity index (χ0n) is 16.4. The predicted molar refractivity (Wildman–Crippen MR) is 123 cm³/mol. The van der Waals surface area contributed by atoms with Gasteiger partial charge in [-0.05, 0) is 38.1 Å². The van der Waals surface area contributed by atoms with Crippen LogP contribution in [0.2, 0.25) is 10.0 Å². The van der Waals surface area contributed by atoms with E-state index in [2.05, 4.69) is 26.7 Å². The Hall–Kier alpha value is -1.87. The monoisotopic (exact) mass is 479 g/mol. The van der Waals surface area contributed by atoms with Crippen LogP contribution in [0.1, 0.15) is 27.6 Å². The first-order chi connectivity index (χ1) is 14.4. The van der Waals surface area contributed by atoms with E-state index in [1.165, 1.54) is 23.5 Å². The maximum Gasteiger partial charge on any atom is 0.191 e. The van der Waals surface area contributed by atoms with Gasteiger partial charge < -0.3 is 4.57 Å². The smallest absolute Gasteiger partial charge is 0.191 e. The third-order valence-corrected chi connectivity index (χ3v) is 6.52. The van der Waals surface area contributed by atoms with Crippen LogP contribution < -0.4 is 0 Å². The van der Waals surface area contributed by atoms with Gasteiger partial charge in [-0.3, -0.25) is 4.79 Å². The van der Waals surface area contributed by atoms with Crippen molar-refractivity contribution in [1.82, 2.24) is 24.7 Å². The number of nitrogens with zero attached hydrogens (tertiary/aromatic N) is 5. The van der Waals surface area contributed by atoms with E-state index < -0.39 is 0 Å². The SMILES string of the molecule is C=CCn1c(CSc2nc(C)cc(C)n2)nnc1SCC(=O)c1ccc(Cl)c(Cl)c1. The van der Waals surface area contributed by atoms with Gasteiger partial charge >= 0.3 is 0 Å². The Balaban J connectivity index is 1.69. The molecule has 2 heterocycles. The zero-order chi connectivity index (χ0) is 21.7. The maximum absolute atomic E-state index is 12.5. The third kappa shape index (κ3) is 5.85. The summed E-state index contributed by atoms with van der Waals surface area (Å²) in [5, 5.41) is 10.7. The first kappa shape index (κ1) is 22.8. The highest BCUT2D eigenvalue weighted by Gasteiger charge is 2.16. The summed E-state index contributed by atoms with van der Waals surface area (Å²) in [6.45, 7) is 8.24. The summed E-state index contributed by atoms with van der Waals surface area (Å²) in [4.78, 5) is 21.4. The minimum atomic E-state index is -0.0636. The minimum absolute atomic E-state index is 0.0636. The Kier molecular flexibility index (Phi) is 7.93. The molecule has 0 aliphatic heterocycles. The number of Topliss-reactive ketones (excluding diaryl/α,β-unsaturated/α-hetero) is 1. The van der Waals surface area contributed by atoms with Crippen molar-refractivity contribution < 1.29 is 4.79 Å². The Morgan fingerprint density at radius 3 is 2.50 bits per heavy atom. The number of hydrogen-bond donors (Lipinski definition) is 0. The molecule has 0 saturated heterocycles. The first-order valence-corrected chi connectivity index (χ1v) is 11.7. The number of allylic oxidation sites excluding steroid dienone is 1. The molecule has 156 valence electrons. The zero-order valence-corrected chi connectivity index (χ0v) is 19.6. The van der Waals surface area contributed by atoms with E-state index in [4.69, 9.17) is 23.2 Å². The Morgan fingerprint density at radius 2 is 1.83 bits per heavy atom. The van der Waals surface area contributed by atoms with Crippen LogP contribution in [0.3, 0.4) is 0 Å². The molecule has 0 atom stereocenters. The summed E-state index contributed by atoms with van der Waals surface area (Å²) >= 11 is 14.7. The number of carbonyl (C=O) groups excluding carboxylic acids is 1. The van der Waals surface area contributed by atoms with E-state index in [9.17, 15) is 4.79 Å². The molecule has 0 N–H and O–H groups in total. The molecule has 6 nitrogen and oxygen atoms in total. The molecule has 10 heteroatoms. The molecule has 0 bridgehead atoms. The fourth-order valence-electron chi connectivity index (χ4n) is 2.62. The summed E-state index contributed by atoms with van der Waals surface area (Å²) < 4.78 is 1.94. The topological polar surface area (TPSA) is 73.6 Å². The lowest BCUT2D eigenvalue weighted by Gasteiger charge is -2.08. The molecule has 30 heavy (non-hydrogen) atoms. The summed E-state index contributed by atoms with van der Waals surface area (Å²) in [7, 11) is 0. The highest BCUT2D eigenvalue weighted by molar-refractivity contribution is 7.99. The highest BCUT2D eigenvalue weighted by Crippen LogP contribution is 2.26. The average molecular weight is 480 g/mol. The van der Waals surface area contributed by atoms with Crippen molar-refractivity contribution in [3.63, 3.8) is 0 Å². The molecule has 2 aromatic heterocycles. The van der Waals surface area contributed by atoms with Gasteiger partial charge in [0.15, 0.2) is 16.1 Å². The number of hydrogen-bond acceptors (Lipinski definition) is 7. The number of benzene rings is 1. The molecule has 0 aliphatic carbocycles. The van der Waals surface area contributed by atoms with Gasteiger partial charge in [-0.25, -0.2) is 9.97 Å². The second-order valence-electron chi connectivity index (χ2n) is 6.36. The average Bonchev–Trinajstić information content (AvgIpc) is 3.08. The molecule has 0 aliphatic rings.